The first-order chi connectivity index (χ1) is 7.90. The van der Waals surface area contributed by atoms with E-state index in [1.165, 1.54) is 12.8 Å². The van der Waals surface area contributed by atoms with E-state index < -0.39 is 0 Å². The van der Waals surface area contributed by atoms with E-state index in [0.717, 1.165) is 19.6 Å². The second-order valence-corrected chi connectivity index (χ2v) is 4.10. The Morgan fingerprint density at radius 1 is 1.62 bits per heavy atom. The Morgan fingerprint density at radius 2 is 2.56 bits per heavy atom. The highest BCUT2D eigenvalue weighted by Gasteiger charge is 2.13. The fourth-order valence-electron chi connectivity index (χ4n) is 1.98. The maximum absolute atomic E-state index is 8.91. The van der Waals surface area contributed by atoms with Gasteiger partial charge in [0.25, 0.3) is 0 Å². The number of nitrogens with one attached hydrogen (secondary N) is 2. The predicted octanol–water partition coefficient (Wildman–Crippen LogP) is 1.36. The summed E-state index contributed by atoms with van der Waals surface area (Å²) in [6.45, 7) is 3.07. The average molecular weight is 216 g/mol. The summed E-state index contributed by atoms with van der Waals surface area (Å²) in [6.07, 6.45) is 4.19. The highest BCUT2D eigenvalue weighted by molar-refractivity contribution is 5.51. The zero-order valence-corrected chi connectivity index (χ0v) is 9.24. The van der Waals surface area contributed by atoms with E-state index in [4.69, 9.17) is 5.26 Å². The number of nitriles is 1. The average Bonchev–Trinajstić information content (AvgIpc) is 2.38. The van der Waals surface area contributed by atoms with Crippen molar-refractivity contribution in [3.63, 3.8) is 0 Å². The third-order valence-electron chi connectivity index (χ3n) is 2.89. The maximum Gasteiger partial charge on any atom is 0.143 e. The summed E-state index contributed by atoms with van der Waals surface area (Å²) in [4.78, 5) is 4.18. The Morgan fingerprint density at radius 3 is 3.31 bits per heavy atom. The normalized spacial score (nSPS) is 20.1. The summed E-state index contributed by atoms with van der Waals surface area (Å²) in [5.74, 6) is 1.35. The fraction of sp³-hybridized carbons (Fsp3) is 0.500. The van der Waals surface area contributed by atoms with Gasteiger partial charge in [-0.25, -0.2) is 4.98 Å². The van der Waals surface area contributed by atoms with Gasteiger partial charge in [-0.3, -0.25) is 0 Å². The van der Waals surface area contributed by atoms with Crippen molar-refractivity contribution in [3.8, 4) is 6.07 Å². The highest BCUT2D eigenvalue weighted by atomic mass is 15.0. The number of anilines is 1. The fourth-order valence-corrected chi connectivity index (χ4v) is 1.98. The first kappa shape index (κ1) is 10.9. The minimum atomic E-state index is 0.617. The molecular weight excluding hydrogens is 200 g/mol. The molecule has 84 valence electrons. The van der Waals surface area contributed by atoms with Gasteiger partial charge in [0.1, 0.15) is 11.9 Å². The molecule has 0 amide bonds. The second kappa shape index (κ2) is 5.47. The smallest absolute Gasteiger partial charge is 0.143 e. The number of nitrogens with zero attached hydrogens (tertiary/aromatic N) is 2. The van der Waals surface area contributed by atoms with Gasteiger partial charge in [0, 0.05) is 12.7 Å². The van der Waals surface area contributed by atoms with E-state index in [0.29, 0.717) is 17.3 Å². The van der Waals surface area contributed by atoms with Crippen molar-refractivity contribution >= 4 is 5.82 Å². The van der Waals surface area contributed by atoms with Crippen molar-refractivity contribution < 1.29 is 0 Å². The lowest BCUT2D eigenvalue weighted by Crippen LogP contribution is -2.33. The van der Waals surface area contributed by atoms with E-state index in [2.05, 4.69) is 21.7 Å². The number of rotatable bonds is 3. The van der Waals surface area contributed by atoms with Crippen LogP contribution in [0.3, 0.4) is 0 Å². The van der Waals surface area contributed by atoms with Crippen LogP contribution in [-0.4, -0.2) is 24.6 Å². The van der Waals surface area contributed by atoms with Gasteiger partial charge in [-0.2, -0.15) is 5.26 Å². The highest BCUT2D eigenvalue weighted by Crippen LogP contribution is 2.13. The van der Waals surface area contributed by atoms with Crippen LogP contribution < -0.4 is 10.6 Å². The molecule has 1 aliphatic heterocycles. The molecule has 1 aromatic rings. The lowest BCUT2D eigenvalue weighted by Gasteiger charge is -2.23. The molecular formula is C12H16N4. The van der Waals surface area contributed by atoms with Gasteiger partial charge in [-0.05, 0) is 44.0 Å². The van der Waals surface area contributed by atoms with Crippen molar-refractivity contribution in [1.29, 1.82) is 5.26 Å². The monoisotopic (exact) mass is 216 g/mol. The van der Waals surface area contributed by atoms with Gasteiger partial charge in [0.15, 0.2) is 0 Å². The first-order valence-electron chi connectivity index (χ1n) is 5.70. The van der Waals surface area contributed by atoms with E-state index >= 15 is 0 Å². The molecule has 1 aliphatic rings. The Kier molecular flexibility index (Phi) is 3.73. The molecule has 16 heavy (non-hydrogen) atoms. The minimum Gasteiger partial charge on any atom is -0.369 e. The van der Waals surface area contributed by atoms with E-state index in [-0.39, 0.29) is 0 Å². The number of piperidine rings is 1. The Balaban J connectivity index is 1.91. The van der Waals surface area contributed by atoms with Gasteiger partial charge in [0.05, 0.1) is 5.56 Å². The Hall–Kier alpha value is -1.60. The standard InChI is InChI=1S/C12H16N4/c13-7-11-4-2-6-15-12(11)16-9-10-3-1-5-14-8-10/h2,4,6,10,14H,1,3,5,8-9H2,(H,15,16). The Labute approximate surface area is 95.7 Å². The van der Waals surface area contributed by atoms with E-state index in [9.17, 15) is 0 Å². The van der Waals surface area contributed by atoms with Crippen LogP contribution in [0.2, 0.25) is 0 Å². The lowest BCUT2D eigenvalue weighted by molar-refractivity contribution is 0.392. The summed E-state index contributed by atoms with van der Waals surface area (Å²) >= 11 is 0. The number of hydrogen-bond acceptors (Lipinski definition) is 4. The molecule has 1 fully saturated rings. The van der Waals surface area contributed by atoms with Crippen LogP contribution in [0.25, 0.3) is 0 Å². The molecule has 1 saturated heterocycles. The van der Waals surface area contributed by atoms with Crippen molar-refractivity contribution in [2.45, 2.75) is 12.8 Å². The zero-order valence-electron chi connectivity index (χ0n) is 9.24. The SMILES string of the molecule is N#Cc1cccnc1NCC1CCCNC1. The van der Waals surface area contributed by atoms with Gasteiger partial charge < -0.3 is 10.6 Å². The van der Waals surface area contributed by atoms with Crippen LogP contribution >= 0.6 is 0 Å². The molecule has 0 spiro atoms. The molecule has 0 radical (unpaired) electrons. The lowest BCUT2D eigenvalue weighted by atomic mass is 10.00. The second-order valence-electron chi connectivity index (χ2n) is 4.10. The molecule has 1 aromatic heterocycles. The summed E-state index contributed by atoms with van der Waals surface area (Å²) in [7, 11) is 0. The molecule has 0 aliphatic carbocycles. The summed E-state index contributed by atoms with van der Waals surface area (Å²) in [6, 6.07) is 5.71. The van der Waals surface area contributed by atoms with Crippen LogP contribution in [0.4, 0.5) is 5.82 Å². The third-order valence-corrected chi connectivity index (χ3v) is 2.89. The van der Waals surface area contributed by atoms with E-state index in [1.807, 2.05) is 0 Å². The molecule has 1 unspecified atom stereocenters. The van der Waals surface area contributed by atoms with Crippen LogP contribution in [0.15, 0.2) is 18.3 Å². The van der Waals surface area contributed by atoms with Crippen molar-refractivity contribution in [3.05, 3.63) is 23.9 Å². The topological polar surface area (TPSA) is 60.7 Å². The first-order valence-corrected chi connectivity index (χ1v) is 5.70. The Bertz CT molecular complexity index is 377. The minimum absolute atomic E-state index is 0.617. The molecule has 0 aromatic carbocycles. The summed E-state index contributed by atoms with van der Waals surface area (Å²) in [5.41, 5.74) is 0.617. The largest absolute Gasteiger partial charge is 0.369 e. The maximum atomic E-state index is 8.91. The number of pyridine rings is 1. The quantitative estimate of drug-likeness (QED) is 0.801. The van der Waals surface area contributed by atoms with E-state index in [1.54, 1.807) is 18.3 Å². The van der Waals surface area contributed by atoms with Gasteiger partial charge >= 0.3 is 0 Å². The third kappa shape index (κ3) is 2.71. The molecule has 1 atom stereocenters. The molecule has 2 N–H and O–H groups in total. The zero-order chi connectivity index (χ0) is 11.2. The molecule has 4 nitrogen and oxygen atoms in total. The van der Waals surface area contributed by atoms with Crippen molar-refractivity contribution in [2.75, 3.05) is 25.0 Å². The number of aromatic nitrogens is 1. The van der Waals surface area contributed by atoms with Crippen LogP contribution in [-0.2, 0) is 0 Å². The molecule has 2 rings (SSSR count). The molecule has 2 heterocycles. The molecule has 0 saturated carbocycles. The number of hydrogen-bond donors (Lipinski definition) is 2. The molecule has 0 bridgehead atoms. The van der Waals surface area contributed by atoms with Crippen LogP contribution in [0.1, 0.15) is 18.4 Å². The van der Waals surface area contributed by atoms with Gasteiger partial charge in [-0.1, -0.05) is 0 Å². The van der Waals surface area contributed by atoms with Gasteiger partial charge in [0.2, 0.25) is 0 Å². The van der Waals surface area contributed by atoms with Crippen molar-refractivity contribution in [1.82, 2.24) is 10.3 Å². The summed E-state index contributed by atoms with van der Waals surface area (Å²) < 4.78 is 0. The summed E-state index contributed by atoms with van der Waals surface area (Å²) in [5, 5.41) is 15.5. The van der Waals surface area contributed by atoms with Crippen molar-refractivity contribution in [2.24, 2.45) is 5.92 Å². The van der Waals surface area contributed by atoms with Gasteiger partial charge in [-0.15, -0.1) is 0 Å². The van der Waals surface area contributed by atoms with Crippen LogP contribution in [0.5, 0.6) is 0 Å². The predicted molar refractivity (Wildman–Crippen MR) is 63.0 cm³/mol. The van der Waals surface area contributed by atoms with Crippen LogP contribution in [0, 0.1) is 17.2 Å². The molecule has 4 heteroatoms.